The predicted octanol–water partition coefficient (Wildman–Crippen LogP) is 2.77. The molecule has 1 saturated heterocycles. The van der Waals surface area contributed by atoms with Gasteiger partial charge in [-0.15, -0.1) is 0 Å². The Hall–Kier alpha value is -1.51. The molecule has 0 radical (unpaired) electrons. The number of likely N-dealkylation sites (tertiary alicyclic amines) is 1. The summed E-state index contributed by atoms with van der Waals surface area (Å²) in [6, 6.07) is 8.28. The highest BCUT2D eigenvalue weighted by Gasteiger charge is 2.46. The Bertz CT molecular complexity index is 438. The molecule has 2 aliphatic rings. The van der Waals surface area contributed by atoms with Crippen LogP contribution < -0.4 is 4.74 Å². The molecule has 2 fully saturated rings. The van der Waals surface area contributed by atoms with Crippen LogP contribution in [0.3, 0.4) is 0 Å². The van der Waals surface area contributed by atoms with Crippen molar-refractivity contribution in [3.05, 3.63) is 29.8 Å². The fraction of sp³-hybridized carbons (Fsp3) is 0.562. The first kappa shape index (κ1) is 12.5. The molecule has 0 unspecified atom stereocenters. The highest BCUT2D eigenvalue weighted by atomic mass is 16.5. The van der Waals surface area contributed by atoms with E-state index in [1.807, 2.05) is 4.90 Å². The summed E-state index contributed by atoms with van der Waals surface area (Å²) in [7, 11) is 0. The normalized spacial score (nSPS) is 22.1. The summed E-state index contributed by atoms with van der Waals surface area (Å²) in [5, 5.41) is 0. The lowest BCUT2D eigenvalue weighted by molar-refractivity contribution is -0.123. The number of benzene rings is 1. The maximum Gasteiger partial charge on any atom is 0.209 e. The molecule has 1 aliphatic heterocycles. The quantitative estimate of drug-likeness (QED) is 0.781. The molecule has 1 spiro atoms. The average molecular weight is 259 g/mol. The maximum absolute atomic E-state index is 10.7. The van der Waals surface area contributed by atoms with Crippen molar-refractivity contribution < 1.29 is 9.53 Å². The smallest absolute Gasteiger partial charge is 0.209 e. The van der Waals surface area contributed by atoms with E-state index in [1.54, 1.807) is 0 Å². The van der Waals surface area contributed by atoms with Gasteiger partial charge in [-0.25, -0.2) is 0 Å². The van der Waals surface area contributed by atoms with Crippen LogP contribution in [0.5, 0.6) is 5.75 Å². The number of rotatable bonds is 3. The first-order chi connectivity index (χ1) is 9.19. The van der Waals surface area contributed by atoms with E-state index in [-0.39, 0.29) is 0 Å². The fourth-order valence-corrected chi connectivity index (χ4v) is 3.31. The van der Waals surface area contributed by atoms with Crippen molar-refractivity contribution >= 4 is 6.41 Å². The van der Waals surface area contributed by atoms with E-state index in [0.29, 0.717) is 11.5 Å². The molecule has 1 heterocycles. The maximum atomic E-state index is 10.7. The second kappa shape index (κ2) is 4.87. The summed E-state index contributed by atoms with van der Waals surface area (Å²) < 4.78 is 6.00. The highest BCUT2D eigenvalue weighted by molar-refractivity contribution is 5.47. The van der Waals surface area contributed by atoms with Crippen molar-refractivity contribution in [1.82, 2.24) is 4.90 Å². The van der Waals surface area contributed by atoms with Gasteiger partial charge in [0.2, 0.25) is 6.41 Å². The van der Waals surface area contributed by atoms with Gasteiger partial charge < -0.3 is 9.64 Å². The topological polar surface area (TPSA) is 29.5 Å². The number of hydrogen-bond acceptors (Lipinski definition) is 2. The Morgan fingerprint density at radius 3 is 2.42 bits per heavy atom. The molecular formula is C16H21NO2. The van der Waals surface area contributed by atoms with Crippen molar-refractivity contribution in [2.75, 3.05) is 13.1 Å². The zero-order chi connectivity index (χ0) is 13.3. The number of carbonyl (C=O) groups is 1. The van der Waals surface area contributed by atoms with Crippen molar-refractivity contribution in [3.8, 4) is 5.75 Å². The van der Waals surface area contributed by atoms with Crippen LogP contribution in [0.25, 0.3) is 0 Å². The molecule has 3 nitrogen and oxygen atoms in total. The lowest BCUT2D eigenvalue weighted by Crippen LogP contribution is -2.50. The van der Waals surface area contributed by atoms with E-state index in [2.05, 4.69) is 31.2 Å². The summed E-state index contributed by atoms with van der Waals surface area (Å²) in [4.78, 5) is 12.6. The van der Waals surface area contributed by atoms with E-state index in [4.69, 9.17) is 4.74 Å². The van der Waals surface area contributed by atoms with Crippen LogP contribution in [0.4, 0.5) is 0 Å². The average Bonchev–Trinajstić information content (AvgIpc) is 2.40. The standard InChI is InChI=1S/C16H21NO2/c1-13-2-4-14(5-3-13)19-15-10-16(11-15)6-8-17(12-18)9-7-16/h2-5,12,15H,6-11H2,1H3. The molecule has 1 amide bonds. The van der Waals surface area contributed by atoms with Crippen LogP contribution in [0.2, 0.25) is 0 Å². The number of aryl methyl sites for hydroxylation is 1. The number of amides is 1. The summed E-state index contributed by atoms with van der Waals surface area (Å²) in [6.45, 7) is 3.92. The molecule has 0 N–H and O–H groups in total. The van der Waals surface area contributed by atoms with Gasteiger partial charge in [0.05, 0.1) is 6.10 Å². The Morgan fingerprint density at radius 1 is 1.21 bits per heavy atom. The molecule has 1 saturated carbocycles. The van der Waals surface area contributed by atoms with Gasteiger partial charge in [0.25, 0.3) is 0 Å². The predicted molar refractivity (Wildman–Crippen MR) is 74.1 cm³/mol. The van der Waals surface area contributed by atoms with Crippen LogP contribution in [-0.4, -0.2) is 30.5 Å². The summed E-state index contributed by atoms with van der Waals surface area (Å²) >= 11 is 0. The lowest BCUT2D eigenvalue weighted by atomic mass is 9.61. The molecule has 102 valence electrons. The Kier molecular flexibility index (Phi) is 3.21. The molecule has 1 aromatic rings. The Morgan fingerprint density at radius 2 is 1.84 bits per heavy atom. The van der Waals surface area contributed by atoms with Crippen LogP contribution >= 0.6 is 0 Å². The molecular weight excluding hydrogens is 238 g/mol. The van der Waals surface area contributed by atoms with E-state index in [9.17, 15) is 4.79 Å². The zero-order valence-electron chi connectivity index (χ0n) is 11.5. The summed E-state index contributed by atoms with van der Waals surface area (Å²) in [6.07, 6.45) is 5.91. The largest absolute Gasteiger partial charge is 0.490 e. The van der Waals surface area contributed by atoms with Crippen LogP contribution in [0.15, 0.2) is 24.3 Å². The van der Waals surface area contributed by atoms with Crippen molar-refractivity contribution in [3.63, 3.8) is 0 Å². The van der Waals surface area contributed by atoms with Gasteiger partial charge in [0.15, 0.2) is 0 Å². The molecule has 1 aromatic carbocycles. The minimum atomic E-state index is 0.366. The number of carbonyl (C=O) groups excluding carboxylic acids is 1. The van der Waals surface area contributed by atoms with E-state index in [1.165, 1.54) is 5.56 Å². The van der Waals surface area contributed by atoms with Crippen LogP contribution in [0.1, 0.15) is 31.2 Å². The minimum absolute atomic E-state index is 0.366. The molecule has 1 aliphatic carbocycles. The first-order valence-electron chi connectivity index (χ1n) is 7.12. The van der Waals surface area contributed by atoms with Gasteiger partial charge in [0, 0.05) is 13.1 Å². The number of piperidine rings is 1. The van der Waals surface area contributed by atoms with Gasteiger partial charge in [-0.2, -0.15) is 0 Å². The Labute approximate surface area is 114 Å². The third-order valence-electron chi connectivity index (χ3n) is 4.65. The van der Waals surface area contributed by atoms with Crippen LogP contribution in [-0.2, 0) is 4.79 Å². The summed E-state index contributed by atoms with van der Waals surface area (Å²) in [5.41, 5.74) is 1.72. The minimum Gasteiger partial charge on any atom is -0.490 e. The molecule has 3 rings (SSSR count). The monoisotopic (exact) mass is 259 g/mol. The molecule has 3 heteroatoms. The molecule has 0 aromatic heterocycles. The first-order valence-corrected chi connectivity index (χ1v) is 7.12. The zero-order valence-corrected chi connectivity index (χ0v) is 11.5. The molecule has 0 bridgehead atoms. The molecule has 19 heavy (non-hydrogen) atoms. The number of ether oxygens (including phenoxy) is 1. The SMILES string of the molecule is Cc1ccc(OC2CC3(CCN(C=O)CC3)C2)cc1. The number of nitrogens with zero attached hydrogens (tertiary/aromatic N) is 1. The van der Waals surface area contributed by atoms with E-state index in [0.717, 1.165) is 50.9 Å². The second-order valence-corrected chi connectivity index (χ2v) is 6.10. The third kappa shape index (κ3) is 2.60. The number of hydrogen-bond donors (Lipinski definition) is 0. The lowest BCUT2D eigenvalue weighted by Gasteiger charge is -2.51. The van der Waals surface area contributed by atoms with E-state index >= 15 is 0 Å². The second-order valence-electron chi connectivity index (χ2n) is 6.10. The fourth-order valence-electron chi connectivity index (χ4n) is 3.31. The van der Waals surface area contributed by atoms with Crippen molar-refractivity contribution in [1.29, 1.82) is 0 Å². The van der Waals surface area contributed by atoms with Gasteiger partial charge in [0.1, 0.15) is 5.75 Å². The van der Waals surface area contributed by atoms with Crippen molar-refractivity contribution in [2.45, 2.75) is 38.7 Å². The highest BCUT2D eigenvalue weighted by Crippen LogP contribution is 2.50. The van der Waals surface area contributed by atoms with Gasteiger partial charge >= 0.3 is 0 Å². The van der Waals surface area contributed by atoms with Gasteiger partial charge in [-0.1, -0.05) is 17.7 Å². The van der Waals surface area contributed by atoms with Crippen molar-refractivity contribution in [2.24, 2.45) is 5.41 Å². The van der Waals surface area contributed by atoms with Crippen LogP contribution in [0, 0.1) is 12.3 Å². The van der Waals surface area contributed by atoms with Gasteiger partial charge in [-0.3, -0.25) is 4.79 Å². The van der Waals surface area contributed by atoms with E-state index < -0.39 is 0 Å². The third-order valence-corrected chi connectivity index (χ3v) is 4.65. The Balaban J connectivity index is 1.50. The summed E-state index contributed by atoms with van der Waals surface area (Å²) in [5.74, 6) is 0.982. The molecule has 0 atom stereocenters. The van der Waals surface area contributed by atoms with Gasteiger partial charge in [-0.05, 0) is 50.2 Å².